The first-order chi connectivity index (χ1) is 8.02. The second-order valence-corrected chi connectivity index (χ2v) is 5.04. The average molecular weight is 235 g/mol. The molecule has 1 nitrogen and oxygen atoms in total. The number of benzene rings is 1. The Hall–Kier alpha value is -1.43. The molecule has 0 N–H and O–H groups in total. The van der Waals surface area contributed by atoms with Gasteiger partial charge in [-0.05, 0) is 56.2 Å². The van der Waals surface area contributed by atoms with Gasteiger partial charge in [-0.15, -0.1) is 0 Å². The van der Waals surface area contributed by atoms with E-state index >= 15 is 0 Å². The number of nitrogens with zero attached hydrogens (tertiary/aromatic N) is 1. The maximum atomic E-state index is 13.6. The van der Waals surface area contributed by atoms with Crippen LogP contribution in [0.5, 0.6) is 0 Å². The van der Waals surface area contributed by atoms with Crippen LogP contribution in [-0.2, 0) is 0 Å². The van der Waals surface area contributed by atoms with E-state index in [-0.39, 0.29) is 11.5 Å². The summed E-state index contributed by atoms with van der Waals surface area (Å²) in [5.74, 6) is -0.250. The molecule has 1 aliphatic carbocycles. The number of alkyl halides is 1. The van der Waals surface area contributed by atoms with Gasteiger partial charge in [0.2, 0.25) is 0 Å². The third kappa shape index (κ3) is 2.63. The van der Waals surface area contributed by atoms with E-state index in [0.29, 0.717) is 12.8 Å². The number of hydrogen-bond donors (Lipinski definition) is 0. The Morgan fingerprint density at radius 3 is 2.53 bits per heavy atom. The lowest BCUT2D eigenvalue weighted by Gasteiger charge is -2.31. The fourth-order valence-electron chi connectivity index (χ4n) is 2.43. The Bertz CT molecular complexity index is 450. The van der Waals surface area contributed by atoms with Crippen molar-refractivity contribution in [1.82, 2.24) is 0 Å². The first-order valence-corrected chi connectivity index (χ1v) is 5.90. The predicted octanol–water partition coefficient (Wildman–Crippen LogP) is 4.08. The molecule has 0 spiro atoms. The second kappa shape index (κ2) is 4.44. The lowest BCUT2D eigenvalue weighted by molar-refractivity contribution is 0.120. The van der Waals surface area contributed by atoms with Gasteiger partial charge < -0.3 is 0 Å². The molecule has 0 amide bonds. The van der Waals surface area contributed by atoms with Gasteiger partial charge in [0.15, 0.2) is 0 Å². The van der Waals surface area contributed by atoms with Crippen LogP contribution >= 0.6 is 0 Å². The minimum absolute atomic E-state index is 0.0693. The van der Waals surface area contributed by atoms with Crippen molar-refractivity contribution in [3.63, 3.8) is 0 Å². The SMILES string of the molecule is CC1(F)CCC(c2ccc(C#N)c(F)c2)CC1. The summed E-state index contributed by atoms with van der Waals surface area (Å²) in [6.45, 7) is 1.63. The largest absolute Gasteiger partial charge is 0.244 e. The van der Waals surface area contributed by atoms with Crippen LogP contribution in [-0.4, -0.2) is 5.67 Å². The average Bonchev–Trinajstić information content (AvgIpc) is 2.29. The van der Waals surface area contributed by atoms with Crippen molar-refractivity contribution in [1.29, 1.82) is 5.26 Å². The van der Waals surface area contributed by atoms with E-state index in [9.17, 15) is 8.78 Å². The molecule has 1 saturated carbocycles. The van der Waals surface area contributed by atoms with Crippen molar-refractivity contribution in [2.75, 3.05) is 0 Å². The van der Waals surface area contributed by atoms with Crippen molar-refractivity contribution >= 4 is 0 Å². The maximum Gasteiger partial charge on any atom is 0.141 e. The molecule has 0 heterocycles. The molecule has 0 bridgehead atoms. The molecule has 3 heteroatoms. The quantitative estimate of drug-likeness (QED) is 0.719. The third-order valence-electron chi connectivity index (χ3n) is 3.61. The summed E-state index contributed by atoms with van der Waals surface area (Å²) in [6.07, 6.45) is 2.55. The van der Waals surface area contributed by atoms with Crippen LogP contribution in [0.25, 0.3) is 0 Å². The highest BCUT2D eigenvalue weighted by Crippen LogP contribution is 2.39. The van der Waals surface area contributed by atoms with Crippen LogP contribution in [0.2, 0.25) is 0 Å². The van der Waals surface area contributed by atoms with Crippen molar-refractivity contribution in [2.24, 2.45) is 0 Å². The van der Waals surface area contributed by atoms with Gasteiger partial charge in [0, 0.05) is 0 Å². The molecular formula is C14H15F2N. The van der Waals surface area contributed by atoms with Gasteiger partial charge in [-0.25, -0.2) is 8.78 Å². The molecule has 17 heavy (non-hydrogen) atoms. The minimum Gasteiger partial charge on any atom is -0.244 e. The summed E-state index contributed by atoms with van der Waals surface area (Å²) in [6, 6.07) is 6.52. The molecule has 1 aromatic rings. The molecule has 0 saturated heterocycles. The number of rotatable bonds is 1. The van der Waals surface area contributed by atoms with Crippen LogP contribution in [0.15, 0.2) is 18.2 Å². The number of nitriles is 1. The van der Waals surface area contributed by atoms with Crippen LogP contribution in [0.4, 0.5) is 8.78 Å². The summed E-state index contributed by atoms with van der Waals surface area (Å²) in [7, 11) is 0. The summed E-state index contributed by atoms with van der Waals surface area (Å²) >= 11 is 0. The van der Waals surface area contributed by atoms with E-state index in [1.807, 2.05) is 0 Å². The maximum absolute atomic E-state index is 13.6. The zero-order valence-corrected chi connectivity index (χ0v) is 9.84. The topological polar surface area (TPSA) is 23.8 Å². The first kappa shape index (κ1) is 12.0. The molecule has 2 rings (SSSR count). The third-order valence-corrected chi connectivity index (χ3v) is 3.61. The fraction of sp³-hybridized carbons (Fsp3) is 0.500. The molecule has 1 fully saturated rings. The van der Waals surface area contributed by atoms with Crippen LogP contribution in [0.1, 0.15) is 49.7 Å². The molecule has 0 atom stereocenters. The van der Waals surface area contributed by atoms with E-state index in [1.54, 1.807) is 19.1 Å². The Balaban J connectivity index is 2.14. The van der Waals surface area contributed by atoms with Gasteiger partial charge in [0.1, 0.15) is 17.6 Å². The highest BCUT2D eigenvalue weighted by atomic mass is 19.1. The van der Waals surface area contributed by atoms with Crippen molar-refractivity contribution in [3.8, 4) is 6.07 Å². The van der Waals surface area contributed by atoms with E-state index < -0.39 is 11.5 Å². The standard InChI is InChI=1S/C14H15F2N/c1-14(16)6-4-10(5-7-14)11-2-3-12(9-17)13(15)8-11/h2-3,8,10H,4-7H2,1H3. The van der Waals surface area contributed by atoms with Crippen LogP contribution in [0.3, 0.4) is 0 Å². The smallest absolute Gasteiger partial charge is 0.141 e. The Kier molecular flexibility index (Phi) is 3.15. The van der Waals surface area contributed by atoms with Crippen molar-refractivity contribution < 1.29 is 8.78 Å². The van der Waals surface area contributed by atoms with Gasteiger partial charge in [-0.3, -0.25) is 0 Å². The number of halogens is 2. The fourth-order valence-corrected chi connectivity index (χ4v) is 2.43. The number of hydrogen-bond acceptors (Lipinski definition) is 1. The van der Waals surface area contributed by atoms with E-state index in [1.165, 1.54) is 12.1 Å². The molecule has 0 unspecified atom stereocenters. The molecule has 90 valence electrons. The van der Waals surface area contributed by atoms with E-state index in [4.69, 9.17) is 5.26 Å². The minimum atomic E-state index is -1.07. The van der Waals surface area contributed by atoms with Crippen LogP contribution < -0.4 is 0 Å². The summed E-state index contributed by atoms with van der Waals surface area (Å²) < 4.78 is 27.1. The van der Waals surface area contributed by atoms with E-state index in [0.717, 1.165) is 18.4 Å². The molecule has 1 aromatic carbocycles. The molecule has 0 aliphatic heterocycles. The van der Waals surface area contributed by atoms with Gasteiger partial charge in [0.05, 0.1) is 5.56 Å². The normalized spacial score (nSPS) is 28.7. The Morgan fingerprint density at radius 2 is 2.00 bits per heavy atom. The summed E-state index contributed by atoms with van der Waals surface area (Å²) in [4.78, 5) is 0. The highest BCUT2D eigenvalue weighted by Gasteiger charge is 2.31. The molecule has 0 aromatic heterocycles. The Morgan fingerprint density at radius 1 is 1.35 bits per heavy atom. The lowest BCUT2D eigenvalue weighted by atomic mass is 9.78. The monoisotopic (exact) mass is 235 g/mol. The summed E-state index contributed by atoms with van der Waals surface area (Å²) in [5, 5.41) is 8.65. The molecular weight excluding hydrogens is 220 g/mol. The highest BCUT2D eigenvalue weighted by molar-refractivity contribution is 5.35. The Labute approximate surface area is 100 Å². The van der Waals surface area contributed by atoms with E-state index in [2.05, 4.69) is 0 Å². The van der Waals surface area contributed by atoms with Gasteiger partial charge in [-0.1, -0.05) is 6.07 Å². The van der Waals surface area contributed by atoms with Crippen molar-refractivity contribution in [2.45, 2.75) is 44.2 Å². The van der Waals surface area contributed by atoms with Gasteiger partial charge in [0.25, 0.3) is 0 Å². The zero-order valence-electron chi connectivity index (χ0n) is 9.84. The van der Waals surface area contributed by atoms with Gasteiger partial charge in [-0.2, -0.15) is 5.26 Å². The van der Waals surface area contributed by atoms with Gasteiger partial charge >= 0.3 is 0 Å². The zero-order chi connectivity index (χ0) is 12.5. The molecule has 1 aliphatic rings. The lowest BCUT2D eigenvalue weighted by Crippen LogP contribution is -2.25. The summed E-state index contributed by atoms with van der Waals surface area (Å²) in [5.41, 5.74) is -0.112. The first-order valence-electron chi connectivity index (χ1n) is 5.90. The second-order valence-electron chi connectivity index (χ2n) is 5.04. The molecule has 0 radical (unpaired) electrons. The predicted molar refractivity (Wildman–Crippen MR) is 61.8 cm³/mol. The van der Waals surface area contributed by atoms with Crippen molar-refractivity contribution in [3.05, 3.63) is 35.1 Å². The van der Waals surface area contributed by atoms with Crippen LogP contribution in [0, 0.1) is 17.1 Å².